The van der Waals surface area contributed by atoms with Gasteiger partial charge in [-0.3, -0.25) is 4.79 Å². The lowest BCUT2D eigenvalue weighted by Crippen LogP contribution is -2.38. The molecular formula is C15H21NO4. The maximum atomic E-state index is 12.6. The number of hydrogen-bond donors (Lipinski definition) is 0. The maximum Gasteiger partial charge on any atom is 0.257 e. The molecule has 110 valence electrons. The molecule has 1 fully saturated rings. The Bertz CT molecular complexity index is 449. The molecule has 1 saturated heterocycles. The van der Waals surface area contributed by atoms with Crippen molar-refractivity contribution in [3.8, 4) is 5.75 Å². The van der Waals surface area contributed by atoms with Crippen molar-refractivity contribution in [3.05, 3.63) is 29.8 Å². The van der Waals surface area contributed by atoms with E-state index >= 15 is 0 Å². The molecule has 1 unspecified atom stereocenters. The summed E-state index contributed by atoms with van der Waals surface area (Å²) in [5.74, 6) is 0.618. The molecule has 1 atom stereocenters. The SMILES string of the molecule is COCOCC1CCCN1C(=O)c1ccccc1OC. The number of amides is 1. The van der Waals surface area contributed by atoms with Crippen molar-refractivity contribution >= 4 is 5.91 Å². The average Bonchev–Trinajstić information content (AvgIpc) is 2.95. The zero-order valence-electron chi connectivity index (χ0n) is 12.0. The number of nitrogens with zero attached hydrogens (tertiary/aromatic N) is 1. The molecule has 0 aliphatic carbocycles. The highest BCUT2D eigenvalue weighted by Gasteiger charge is 2.30. The van der Waals surface area contributed by atoms with E-state index in [4.69, 9.17) is 14.2 Å². The van der Waals surface area contributed by atoms with Crippen molar-refractivity contribution in [1.82, 2.24) is 4.90 Å². The largest absolute Gasteiger partial charge is 0.496 e. The number of ether oxygens (including phenoxy) is 3. The minimum Gasteiger partial charge on any atom is -0.496 e. The lowest BCUT2D eigenvalue weighted by atomic mass is 10.1. The van der Waals surface area contributed by atoms with Crippen LogP contribution in [0.25, 0.3) is 0 Å². The van der Waals surface area contributed by atoms with Crippen molar-refractivity contribution in [3.63, 3.8) is 0 Å². The van der Waals surface area contributed by atoms with E-state index in [0.717, 1.165) is 19.4 Å². The molecule has 1 aliphatic rings. The van der Waals surface area contributed by atoms with Gasteiger partial charge in [0.2, 0.25) is 0 Å². The van der Waals surface area contributed by atoms with Gasteiger partial charge in [-0.05, 0) is 25.0 Å². The molecule has 1 heterocycles. The van der Waals surface area contributed by atoms with E-state index in [0.29, 0.717) is 17.9 Å². The lowest BCUT2D eigenvalue weighted by molar-refractivity contribution is -0.0448. The van der Waals surface area contributed by atoms with Crippen LogP contribution in [0.3, 0.4) is 0 Å². The molecule has 0 saturated carbocycles. The van der Waals surface area contributed by atoms with E-state index in [-0.39, 0.29) is 18.7 Å². The van der Waals surface area contributed by atoms with Crippen molar-refractivity contribution in [2.75, 3.05) is 34.2 Å². The molecule has 5 heteroatoms. The molecule has 2 rings (SSSR count). The molecule has 1 aromatic rings. The van der Waals surface area contributed by atoms with E-state index < -0.39 is 0 Å². The van der Waals surface area contributed by atoms with Gasteiger partial charge in [-0.25, -0.2) is 0 Å². The lowest BCUT2D eigenvalue weighted by Gasteiger charge is -2.25. The number of hydrogen-bond acceptors (Lipinski definition) is 4. The van der Waals surface area contributed by atoms with Crippen molar-refractivity contribution < 1.29 is 19.0 Å². The minimum atomic E-state index is 0.00552. The highest BCUT2D eigenvalue weighted by atomic mass is 16.7. The van der Waals surface area contributed by atoms with Gasteiger partial charge in [-0.2, -0.15) is 0 Å². The van der Waals surface area contributed by atoms with Crippen molar-refractivity contribution in [1.29, 1.82) is 0 Å². The first-order valence-electron chi connectivity index (χ1n) is 6.78. The third-order valence-electron chi connectivity index (χ3n) is 3.49. The van der Waals surface area contributed by atoms with Gasteiger partial charge in [-0.15, -0.1) is 0 Å². The van der Waals surface area contributed by atoms with Crippen LogP contribution >= 0.6 is 0 Å². The monoisotopic (exact) mass is 279 g/mol. The quantitative estimate of drug-likeness (QED) is 0.589. The van der Waals surface area contributed by atoms with Crippen molar-refractivity contribution in [2.45, 2.75) is 18.9 Å². The summed E-state index contributed by atoms with van der Waals surface area (Å²) in [4.78, 5) is 14.5. The van der Waals surface area contributed by atoms with Gasteiger partial charge in [0.15, 0.2) is 0 Å². The van der Waals surface area contributed by atoms with Gasteiger partial charge in [0.1, 0.15) is 12.5 Å². The highest BCUT2D eigenvalue weighted by molar-refractivity contribution is 5.97. The third kappa shape index (κ3) is 3.29. The Morgan fingerprint density at radius 2 is 2.15 bits per heavy atom. The molecule has 0 bridgehead atoms. The van der Waals surface area contributed by atoms with E-state index in [1.807, 2.05) is 17.0 Å². The second-order valence-electron chi connectivity index (χ2n) is 4.77. The number of carbonyl (C=O) groups is 1. The number of rotatable bonds is 6. The minimum absolute atomic E-state index is 0.00552. The predicted molar refractivity (Wildman–Crippen MR) is 74.9 cm³/mol. The summed E-state index contributed by atoms with van der Waals surface area (Å²) in [7, 11) is 3.17. The van der Waals surface area contributed by atoms with Crippen LogP contribution in [-0.2, 0) is 9.47 Å². The first-order chi connectivity index (χ1) is 9.77. The van der Waals surface area contributed by atoms with Gasteiger partial charge in [0.05, 0.1) is 25.3 Å². The predicted octanol–water partition coefficient (Wildman–Crippen LogP) is 1.92. The second kappa shape index (κ2) is 7.26. The number of methoxy groups -OCH3 is 2. The molecule has 20 heavy (non-hydrogen) atoms. The molecule has 5 nitrogen and oxygen atoms in total. The number of likely N-dealkylation sites (tertiary alicyclic amines) is 1. The summed E-state index contributed by atoms with van der Waals surface area (Å²) in [6, 6.07) is 7.43. The van der Waals surface area contributed by atoms with Gasteiger partial charge >= 0.3 is 0 Å². The van der Waals surface area contributed by atoms with Gasteiger partial charge in [0, 0.05) is 13.7 Å². The summed E-state index contributed by atoms with van der Waals surface area (Å²) in [5, 5.41) is 0. The van der Waals surface area contributed by atoms with Crippen LogP contribution < -0.4 is 4.74 Å². The fraction of sp³-hybridized carbons (Fsp3) is 0.533. The topological polar surface area (TPSA) is 48.0 Å². The standard InChI is InChI=1S/C15H21NO4/c1-18-11-20-10-12-6-5-9-16(12)15(17)13-7-3-4-8-14(13)19-2/h3-4,7-8,12H,5-6,9-11H2,1-2H3. The zero-order valence-corrected chi connectivity index (χ0v) is 12.0. The number of para-hydroxylation sites is 1. The first-order valence-corrected chi connectivity index (χ1v) is 6.78. The van der Waals surface area contributed by atoms with E-state index in [1.165, 1.54) is 0 Å². The van der Waals surface area contributed by atoms with Crippen LogP contribution in [-0.4, -0.2) is 51.0 Å². The Balaban J connectivity index is 2.07. The zero-order chi connectivity index (χ0) is 14.4. The molecule has 0 spiro atoms. The normalized spacial score (nSPS) is 18.3. The van der Waals surface area contributed by atoms with Crippen LogP contribution in [0, 0.1) is 0 Å². The Labute approximate surface area is 119 Å². The molecular weight excluding hydrogens is 258 g/mol. The number of carbonyl (C=O) groups excluding carboxylic acids is 1. The summed E-state index contributed by atoms with van der Waals surface area (Å²) in [5.41, 5.74) is 0.605. The molecule has 0 radical (unpaired) electrons. The molecule has 1 amide bonds. The second-order valence-corrected chi connectivity index (χ2v) is 4.77. The van der Waals surface area contributed by atoms with Gasteiger partial charge in [-0.1, -0.05) is 12.1 Å². The Morgan fingerprint density at radius 3 is 2.90 bits per heavy atom. The molecule has 0 N–H and O–H groups in total. The summed E-state index contributed by atoms with van der Waals surface area (Å²) < 4.78 is 15.5. The van der Waals surface area contributed by atoms with Crippen LogP contribution in [0.5, 0.6) is 5.75 Å². The van der Waals surface area contributed by atoms with Crippen LogP contribution in [0.1, 0.15) is 23.2 Å². The van der Waals surface area contributed by atoms with E-state index in [2.05, 4.69) is 0 Å². The fourth-order valence-corrected chi connectivity index (χ4v) is 2.52. The molecule has 1 aliphatic heterocycles. The van der Waals surface area contributed by atoms with Crippen LogP contribution in [0.4, 0.5) is 0 Å². The summed E-state index contributed by atoms with van der Waals surface area (Å²) in [6.45, 7) is 1.53. The highest BCUT2D eigenvalue weighted by Crippen LogP contribution is 2.25. The van der Waals surface area contributed by atoms with E-state index in [1.54, 1.807) is 26.4 Å². The van der Waals surface area contributed by atoms with Crippen LogP contribution in [0.15, 0.2) is 24.3 Å². The van der Waals surface area contributed by atoms with Gasteiger partial charge in [0.25, 0.3) is 5.91 Å². The Hall–Kier alpha value is -1.59. The fourth-order valence-electron chi connectivity index (χ4n) is 2.52. The maximum absolute atomic E-state index is 12.6. The van der Waals surface area contributed by atoms with Gasteiger partial charge < -0.3 is 19.1 Å². The number of benzene rings is 1. The third-order valence-corrected chi connectivity index (χ3v) is 3.49. The molecule has 1 aromatic carbocycles. The van der Waals surface area contributed by atoms with Crippen LogP contribution in [0.2, 0.25) is 0 Å². The van der Waals surface area contributed by atoms with E-state index in [9.17, 15) is 4.79 Å². The first kappa shape index (κ1) is 14.8. The molecule has 0 aromatic heterocycles. The Morgan fingerprint density at radius 1 is 1.35 bits per heavy atom. The summed E-state index contributed by atoms with van der Waals surface area (Å²) >= 11 is 0. The average molecular weight is 279 g/mol. The Kier molecular flexibility index (Phi) is 5.38. The summed E-state index contributed by atoms with van der Waals surface area (Å²) in [6.07, 6.45) is 1.96. The van der Waals surface area contributed by atoms with Crippen molar-refractivity contribution in [2.24, 2.45) is 0 Å². The smallest absolute Gasteiger partial charge is 0.257 e.